The van der Waals surface area contributed by atoms with E-state index >= 15 is 0 Å². The van der Waals surface area contributed by atoms with Crippen molar-refractivity contribution in [1.82, 2.24) is 4.31 Å². The van der Waals surface area contributed by atoms with Gasteiger partial charge in [-0.3, -0.25) is 0 Å². The lowest BCUT2D eigenvalue weighted by atomic mass is 10.0. The molecule has 0 aliphatic carbocycles. The Morgan fingerprint density at radius 2 is 2.05 bits per heavy atom. The molecule has 1 atom stereocenters. The molecule has 118 valence electrons. The number of hydrogen-bond acceptors (Lipinski definition) is 3. The third-order valence-corrected chi connectivity index (χ3v) is 6.83. The summed E-state index contributed by atoms with van der Waals surface area (Å²) in [5, 5.41) is 1.96. The largest absolute Gasteiger partial charge is 0.243 e. The molecule has 0 bridgehead atoms. The number of fused-ring (bicyclic) bond motifs is 1. The van der Waals surface area contributed by atoms with E-state index in [-0.39, 0.29) is 10.9 Å². The van der Waals surface area contributed by atoms with E-state index in [1.165, 1.54) is 9.18 Å². The van der Waals surface area contributed by atoms with Gasteiger partial charge >= 0.3 is 0 Å². The molecule has 0 saturated carbocycles. The summed E-state index contributed by atoms with van der Waals surface area (Å²) in [6, 6.07) is 4.40. The predicted octanol–water partition coefficient (Wildman–Crippen LogP) is 3.72. The van der Waals surface area contributed by atoms with Gasteiger partial charge in [0.25, 0.3) is 0 Å². The molecule has 3 nitrogen and oxygen atoms in total. The smallest absolute Gasteiger partial charge is 0.207 e. The van der Waals surface area contributed by atoms with Crippen molar-refractivity contribution >= 4 is 21.4 Å². The first-order chi connectivity index (χ1) is 10.4. The molecule has 22 heavy (non-hydrogen) atoms. The molecule has 1 aliphatic heterocycles. The van der Waals surface area contributed by atoms with Gasteiger partial charge in [-0.05, 0) is 48.1 Å². The van der Waals surface area contributed by atoms with Gasteiger partial charge < -0.3 is 0 Å². The van der Waals surface area contributed by atoms with Crippen molar-refractivity contribution < 1.29 is 17.2 Å². The van der Waals surface area contributed by atoms with Crippen molar-refractivity contribution in [2.24, 2.45) is 0 Å². The number of thiophene rings is 1. The van der Waals surface area contributed by atoms with E-state index in [2.05, 4.69) is 0 Å². The quantitative estimate of drug-likeness (QED) is 0.852. The normalized spacial score (nSPS) is 19.1. The summed E-state index contributed by atoms with van der Waals surface area (Å²) < 4.78 is 53.4. The fourth-order valence-corrected chi connectivity index (χ4v) is 5.48. The molecular weight excluding hydrogens is 328 g/mol. The van der Waals surface area contributed by atoms with Crippen molar-refractivity contribution in [2.75, 3.05) is 6.54 Å². The zero-order chi connectivity index (χ0) is 15.9. The number of hydrogen-bond donors (Lipinski definition) is 0. The summed E-state index contributed by atoms with van der Waals surface area (Å²) in [5.41, 5.74) is 1.02. The lowest BCUT2D eigenvalue weighted by molar-refractivity contribution is 0.303. The van der Waals surface area contributed by atoms with Crippen LogP contribution in [-0.2, 0) is 16.4 Å². The minimum Gasteiger partial charge on any atom is -0.207 e. The van der Waals surface area contributed by atoms with E-state index in [0.29, 0.717) is 19.4 Å². The topological polar surface area (TPSA) is 37.4 Å². The Bertz CT molecular complexity index is 802. The first kappa shape index (κ1) is 15.6. The molecule has 0 unspecified atom stereocenters. The molecule has 1 aromatic heterocycles. The van der Waals surface area contributed by atoms with E-state index in [9.17, 15) is 17.2 Å². The maximum atomic E-state index is 13.4. The van der Waals surface area contributed by atoms with Crippen molar-refractivity contribution in [1.29, 1.82) is 0 Å². The van der Waals surface area contributed by atoms with Crippen LogP contribution in [0.4, 0.5) is 8.78 Å². The molecule has 0 saturated heterocycles. The number of nitrogens with zero attached hydrogens (tertiary/aromatic N) is 1. The molecule has 3 rings (SSSR count). The summed E-state index contributed by atoms with van der Waals surface area (Å²) in [4.78, 5) is 0.993. The van der Waals surface area contributed by atoms with Crippen LogP contribution in [0.25, 0.3) is 0 Å². The molecular formula is C15H15F2NO2S2. The lowest BCUT2D eigenvalue weighted by Gasteiger charge is -2.34. The molecule has 0 amide bonds. The summed E-state index contributed by atoms with van der Waals surface area (Å²) in [6.07, 6.45) is 1.28. The van der Waals surface area contributed by atoms with Crippen LogP contribution in [0.1, 0.15) is 29.8 Å². The van der Waals surface area contributed by atoms with Crippen LogP contribution in [0.3, 0.4) is 0 Å². The number of halogens is 2. The van der Waals surface area contributed by atoms with Gasteiger partial charge in [-0.25, -0.2) is 17.2 Å². The highest BCUT2D eigenvalue weighted by Gasteiger charge is 2.36. The lowest BCUT2D eigenvalue weighted by Crippen LogP contribution is -2.39. The highest BCUT2D eigenvalue weighted by atomic mass is 32.2. The number of sulfonamides is 1. The van der Waals surface area contributed by atoms with Gasteiger partial charge in [0.15, 0.2) is 11.6 Å². The average molecular weight is 343 g/mol. The van der Waals surface area contributed by atoms with Crippen molar-refractivity contribution in [3.63, 3.8) is 0 Å². The van der Waals surface area contributed by atoms with Gasteiger partial charge in [0.05, 0.1) is 10.9 Å². The van der Waals surface area contributed by atoms with Crippen LogP contribution in [0, 0.1) is 11.6 Å². The Kier molecular flexibility index (Phi) is 4.05. The molecule has 1 aromatic carbocycles. The van der Waals surface area contributed by atoms with E-state index < -0.39 is 21.7 Å². The first-order valence-corrected chi connectivity index (χ1v) is 9.30. The molecule has 7 heteroatoms. The van der Waals surface area contributed by atoms with Gasteiger partial charge in [0, 0.05) is 11.4 Å². The maximum Gasteiger partial charge on any atom is 0.243 e. The summed E-state index contributed by atoms with van der Waals surface area (Å²) in [5.74, 6) is -2.20. The van der Waals surface area contributed by atoms with Crippen LogP contribution < -0.4 is 0 Å². The summed E-state index contributed by atoms with van der Waals surface area (Å²) >= 11 is 1.63. The van der Waals surface area contributed by atoms with Gasteiger partial charge in [-0.1, -0.05) is 6.92 Å². The maximum absolute atomic E-state index is 13.4. The third kappa shape index (κ3) is 2.47. The monoisotopic (exact) mass is 343 g/mol. The van der Waals surface area contributed by atoms with Crippen molar-refractivity contribution in [3.05, 3.63) is 51.7 Å². The molecule has 1 aliphatic rings. The van der Waals surface area contributed by atoms with Gasteiger partial charge in [-0.2, -0.15) is 4.31 Å². The highest BCUT2D eigenvalue weighted by molar-refractivity contribution is 7.89. The zero-order valence-electron chi connectivity index (χ0n) is 11.9. The third-order valence-electron chi connectivity index (χ3n) is 3.93. The van der Waals surface area contributed by atoms with Gasteiger partial charge in [-0.15, -0.1) is 11.3 Å². The summed E-state index contributed by atoms with van der Waals surface area (Å²) in [6.45, 7) is 2.28. The number of benzene rings is 1. The van der Waals surface area contributed by atoms with E-state index in [0.717, 1.165) is 23.8 Å². The minimum absolute atomic E-state index is 0.205. The second-order valence-electron chi connectivity index (χ2n) is 5.16. The average Bonchev–Trinajstić information content (AvgIpc) is 2.97. The molecule has 0 spiro atoms. The highest BCUT2D eigenvalue weighted by Crippen LogP contribution is 2.38. The van der Waals surface area contributed by atoms with E-state index in [1.54, 1.807) is 11.3 Å². The van der Waals surface area contributed by atoms with Crippen molar-refractivity contribution in [2.45, 2.75) is 30.7 Å². The predicted molar refractivity (Wildman–Crippen MR) is 81.3 cm³/mol. The molecule has 0 fully saturated rings. The molecule has 2 heterocycles. The Morgan fingerprint density at radius 3 is 2.73 bits per heavy atom. The molecule has 0 radical (unpaired) electrons. The van der Waals surface area contributed by atoms with Crippen molar-refractivity contribution in [3.8, 4) is 0 Å². The fraction of sp³-hybridized carbons (Fsp3) is 0.333. The van der Waals surface area contributed by atoms with Crippen LogP contribution >= 0.6 is 11.3 Å². The molecule has 2 aromatic rings. The minimum atomic E-state index is -3.85. The Labute approximate surface area is 132 Å². The van der Waals surface area contributed by atoms with E-state index in [1.807, 2.05) is 18.4 Å². The zero-order valence-corrected chi connectivity index (χ0v) is 13.6. The van der Waals surface area contributed by atoms with Crippen LogP contribution in [0.5, 0.6) is 0 Å². The Morgan fingerprint density at radius 1 is 1.27 bits per heavy atom. The second kappa shape index (κ2) is 5.72. The Balaban J connectivity index is 2.03. The SMILES string of the molecule is CC[C@H]1c2ccsc2CCN1S(=O)(=O)c1ccc(F)c(F)c1. The van der Waals surface area contributed by atoms with Crippen LogP contribution in [0.2, 0.25) is 0 Å². The summed E-state index contributed by atoms with van der Waals surface area (Å²) in [7, 11) is -3.85. The first-order valence-electron chi connectivity index (χ1n) is 6.98. The standard InChI is InChI=1S/C15H15F2NO2S2/c1-2-14-11-6-8-21-15(11)5-7-18(14)22(19,20)10-3-4-12(16)13(17)9-10/h3-4,6,8-9,14H,2,5,7H2,1H3/t14-/m0/s1. The van der Waals surface area contributed by atoms with Gasteiger partial charge in [0.2, 0.25) is 10.0 Å². The van der Waals surface area contributed by atoms with E-state index in [4.69, 9.17) is 0 Å². The van der Waals surface area contributed by atoms with Gasteiger partial charge in [0.1, 0.15) is 0 Å². The fourth-order valence-electron chi connectivity index (χ4n) is 2.86. The molecule has 0 N–H and O–H groups in total. The van der Waals surface area contributed by atoms with Crippen LogP contribution in [0.15, 0.2) is 34.5 Å². The number of rotatable bonds is 3. The Hall–Kier alpha value is -1.31. The second-order valence-corrected chi connectivity index (χ2v) is 8.06. The van der Waals surface area contributed by atoms with Crippen LogP contribution in [-0.4, -0.2) is 19.3 Å².